The molecule has 0 bridgehead atoms. The monoisotopic (exact) mass is 281 g/mol. The van der Waals surface area contributed by atoms with Crippen molar-refractivity contribution in [3.05, 3.63) is 29.7 Å². The highest BCUT2D eigenvalue weighted by atomic mass is 19.1. The number of carbonyl (C=O) groups is 1. The number of pyridine rings is 1. The van der Waals surface area contributed by atoms with E-state index < -0.39 is 18.8 Å². The number of rotatable bonds is 4. The van der Waals surface area contributed by atoms with Crippen LogP contribution in [0.5, 0.6) is 11.5 Å². The molecular weight excluding hydrogens is 269 g/mol. The van der Waals surface area contributed by atoms with E-state index in [4.69, 9.17) is 14.6 Å². The number of carboxylic acid groups (broad SMARTS) is 1. The largest absolute Gasteiger partial charge is 0.508 e. The zero-order valence-corrected chi connectivity index (χ0v) is 10.8. The molecule has 0 aliphatic rings. The number of halogens is 1. The van der Waals surface area contributed by atoms with Crippen LogP contribution in [0, 0.1) is 12.7 Å². The molecule has 0 radical (unpaired) electrons. The fourth-order valence-corrected chi connectivity index (χ4v) is 1.74. The van der Waals surface area contributed by atoms with Gasteiger partial charge in [-0.2, -0.15) is 0 Å². The molecular formula is C13H12FNO5. The number of hydrogen-bond acceptors (Lipinski definition) is 5. The molecule has 0 saturated heterocycles. The van der Waals surface area contributed by atoms with Crippen LogP contribution in [0.4, 0.5) is 9.18 Å². The summed E-state index contributed by atoms with van der Waals surface area (Å²) in [7, 11) is 1.36. The van der Waals surface area contributed by atoms with Gasteiger partial charge in [-0.05, 0) is 13.0 Å². The highest BCUT2D eigenvalue weighted by Gasteiger charge is 2.11. The van der Waals surface area contributed by atoms with Gasteiger partial charge >= 0.3 is 6.16 Å². The smallest absolute Gasteiger partial charge is 0.494 e. The predicted molar refractivity (Wildman–Crippen MR) is 67.6 cm³/mol. The second-order valence-electron chi connectivity index (χ2n) is 3.94. The first-order valence-corrected chi connectivity index (χ1v) is 5.64. The normalized spacial score (nSPS) is 10.3. The van der Waals surface area contributed by atoms with Gasteiger partial charge in [0.2, 0.25) is 6.79 Å². The first kappa shape index (κ1) is 13.9. The minimum Gasteiger partial charge on any atom is -0.494 e. The number of benzene rings is 1. The lowest BCUT2D eigenvalue weighted by Gasteiger charge is -2.11. The van der Waals surface area contributed by atoms with Gasteiger partial charge in [0.15, 0.2) is 11.6 Å². The van der Waals surface area contributed by atoms with Crippen LogP contribution >= 0.6 is 0 Å². The Hall–Kier alpha value is -2.57. The van der Waals surface area contributed by atoms with Crippen LogP contribution in [-0.2, 0) is 4.74 Å². The SMILES string of the molecule is COc1cc2nc(C)cc(OCOC(=O)O)c2cc1F. The molecule has 1 N–H and O–H groups in total. The molecule has 20 heavy (non-hydrogen) atoms. The van der Waals surface area contributed by atoms with Gasteiger partial charge in [-0.3, -0.25) is 4.98 Å². The Kier molecular flexibility index (Phi) is 3.88. The van der Waals surface area contributed by atoms with E-state index in [-0.39, 0.29) is 11.5 Å². The predicted octanol–water partition coefficient (Wildman–Crippen LogP) is 2.72. The highest BCUT2D eigenvalue weighted by Crippen LogP contribution is 2.30. The second kappa shape index (κ2) is 5.60. The molecule has 0 unspecified atom stereocenters. The van der Waals surface area contributed by atoms with E-state index in [1.165, 1.54) is 19.2 Å². The summed E-state index contributed by atoms with van der Waals surface area (Å²) in [5.41, 5.74) is 1.12. The standard InChI is InChI=1S/C13H12FNO5/c1-7-3-11(19-6-20-13(16)17)8-4-9(14)12(18-2)5-10(8)15-7/h3-5H,6H2,1-2H3,(H,16,17). The molecule has 1 aromatic heterocycles. The van der Waals surface area contributed by atoms with Crippen molar-refractivity contribution < 1.29 is 28.5 Å². The number of aryl methyl sites for hydroxylation is 1. The van der Waals surface area contributed by atoms with Crippen LogP contribution in [0.2, 0.25) is 0 Å². The lowest BCUT2D eigenvalue weighted by Crippen LogP contribution is -2.08. The molecule has 1 aromatic carbocycles. The van der Waals surface area contributed by atoms with Crippen molar-refractivity contribution >= 4 is 17.1 Å². The molecule has 106 valence electrons. The summed E-state index contributed by atoms with van der Waals surface area (Å²) in [5, 5.41) is 8.79. The van der Waals surface area contributed by atoms with Gasteiger partial charge in [0.1, 0.15) is 5.75 Å². The Bertz CT molecular complexity index is 659. The number of fused-ring (bicyclic) bond motifs is 1. The third kappa shape index (κ3) is 2.87. The maximum absolute atomic E-state index is 13.7. The van der Waals surface area contributed by atoms with Gasteiger partial charge in [0.25, 0.3) is 0 Å². The summed E-state index contributed by atoms with van der Waals surface area (Å²) in [6.45, 7) is 1.25. The van der Waals surface area contributed by atoms with Gasteiger partial charge < -0.3 is 19.3 Å². The minimum absolute atomic E-state index is 0.0725. The minimum atomic E-state index is -1.45. The first-order chi connectivity index (χ1) is 9.51. The lowest BCUT2D eigenvalue weighted by molar-refractivity contribution is 0.0266. The molecule has 0 aliphatic carbocycles. The number of ether oxygens (including phenoxy) is 3. The quantitative estimate of drug-likeness (QED) is 0.685. The van der Waals surface area contributed by atoms with Crippen LogP contribution in [-0.4, -0.2) is 30.1 Å². The van der Waals surface area contributed by atoms with Gasteiger partial charge in [-0.25, -0.2) is 9.18 Å². The third-order valence-electron chi connectivity index (χ3n) is 2.57. The highest BCUT2D eigenvalue weighted by molar-refractivity contribution is 5.86. The molecule has 0 fully saturated rings. The van der Waals surface area contributed by atoms with E-state index >= 15 is 0 Å². The average molecular weight is 281 g/mol. The molecule has 0 atom stereocenters. The fourth-order valence-electron chi connectivity index (χ4n) is 1.74. The van der Waals surface area contributed by atoms with Crippen molar-refractivity contribution in [3.63, 3.8) is 0 Å². The topological polar surface area (TPSA) is 77.9 Å². The zero-order chi connectivity index (χ0) is 14.7. The number of aromatic nitrogens is 1. The Balaban J connectivity index is 2.42. The maximum atomic E-state index is 13.7. The Labute approximate surface area is 113 Å². The van der Waals surface area contributed by atoms with E-state index in [2.05, 4.69) is 9.72 Å². The molecule has 0 saturated carbocycles. The summed E-state index contributed by atoms with van der Waals surface area (Å²) >= 11 is 0. The van der Waals surface area contributed by atoms with E-state index in [9.17, 15) is 9.18 Å². The van der Waals surface area contributed by atoms with Crippen LogP contribution < -0.4 is 9.47 Å². The number of methoxy groups -OCH3 is 1. The molecule has 0 spiro atoms. The van der Waals surface area contributed by atoms with Crippen molar-refractivity contribution in [2.24, 2.45) is 0 Å². The molecule has 2 rings (SSSR count). The van der Waals surface area contributed by atoms with Gasteiger partial charge in [0, 0.05) is 23.2 Å². The fraction of sp³-hybridized carbons (Fsp3) is 0.231. The van der Waals surface area contributed by atoms with Crippen LogP contribution in [0.15, 0.2) is 18.2 Å². The summed E-state index contributed by atoms with van der Waals surface area (Å²) < 4.78 is 28.1. The van der Waals surface area contributed by atoms with Crippen molar-refractivity contribution in [1.29, 1.82) is 0 Å². The van der Waals surface area contributed by atoms with Crippen molar-refractivity contribution in [1.82, 2.24) is 4.98 Å². The molecule has 6 nitrogen and oxygen atoms in total. The molecule has 0 amide bonds. The van der Waals surface area contributed by atoms with Crippen molar-refractivity contribution in [2.45, 2.75) is 6.92 Å². The third-order valence-corrected chi connectivity index (χ3v) is 2.57. The van der Waals surface area contributed by atoms with Gasteiger partial charge in [-0.1, -0.05) is 0 Å². The van der Waals surface area contributed by atoms with Crippen molar-refractivity contribution in [3.8, 4) is 11.5 Å². The zero-order valence-electron chi connectivity index (χ0n) is 10.8. The summed E-state index contributed by atoms with van der Waals surface area (Å²) in [5.74, 6) is -0.201. The lowest BCUT2D eigenvalue weighted by atomic mass is 10.1. The van der Waals surface area contributed by atoms with E-state index in [0.29, 0.717) is 16.6 Å². The summed E-state index contributed by atoms with van der Waals surface area (Å²) in [6.07, 6.45) is -1.45. The van der Waals surface area contributed by atoms with Gasteiger partial charge in [0.05, 0.1) is 12.6 Å². The van der Waals surface area contributed by atoms with Gasteiger partial charge in [-0.15, -0.1) is 0 Å². The first-order valence-electron chi connectivity index (χ1n) is 5.64. The molecule has 7 heteroatoms. The molecule has 1 heterocycles. The summed E-state index contributed by atoms with van der Waals surface area (Å²) in [6, 6.07) is 4.23. The van der Waals surface area contributed by atoms with Crippen molar-refractivity contribution in [2.75, 3.05) is 13.9 Å². The second-order valence-corrected chi connectivity index (χ2v) is 3.94. The maximum Gasteiger partial charge on any atom is 0.508 e. The Morgan fingerprint density at radius 2 is 2.10 bits per heavy atom. The van der Waals surface area contributed by atoms with Crippen LogP contribution in [0.3, 0.4) is 0 Å². The van der Waals surface area contributed by atoms with Crippen LogP contribution in [0.25, 0.3) is 10.9 Å². The Morgan fingerprint density at radius 1 is 1.35 bits per heavy atom. The molecule has 2 aromatic rings. The number of nitrogens with zero attached hydrogens (tertiary/aromatic N) is 1. The molecule has 0 aliphatic heterocycles. The Morgan fingerprint density at radius 3 is 2.75 bits per heavy atom. The summed E-state index contributed by atoms with van der Waals surface area (Å²) in [4.78, 5) is 14.5. The van der Waals surface area contributed by atoms with E-state index in [0.717, 1.165) is 0 Å². The number of hydrogen-bond donors (Lipinski definition) is 1. The van der Waals surface area contributed by atoms with E-state index in [1.807, 2.05) is 0 Å². The average Bonchev–Trinajstić information content (AvgIpc) is 2.38. The van der Waals surface area contributed by atoms with Crippen LogP contribution in [0.1, 0.15) is 5.69 Å². The van der Waals surface area contributed by atoms with E-state index in [1.54, 1.807) is 13.0 Å².